The van der Waals surface area contributed by atoms with E-state index in [1.54, 1.807) is 44.6 Å². The van der Waals surface area contributed by atoms with E-state index in [9.17, 15) is 19.5 Å². The van der Waals surface area contributed by atoms with Gasteiger partial charge in [0.2, 0.25) is 0 Å². The standard InChI is InChI=1S/C34H41N3O8/c1-23(2)21-45-34(41)37(26-14-16-36(17-15-26)33(39)40)29-12-11-27(44-22-24-8-6-5-7-9-24)19-28(29)32(38)35-20-25-10-13-30(42-3)31(18-25)43-4/h5-13,18-19,23,26H,14-17,20-22H2,1-4H3,(H,35,38)(H,39,40). The molecule has 0 bridgehead atoms. The van der Waals surface area contributed by atoms with Crippen LogP contribution >= 0.6 is 0 Å². The highest BCUT2D eigenvalue weighted by atomic mass is 16.6. The van der Waals surface area contributed by atoms with Crippen LogP contribution in [0.25, 0.3) is 0 Å². The Morgan fingerprint density at radius 1 is 0.933 bits per heavy atom. The van der Waals surface area contributed by atoms with Crippen LogP contribution < -0.4 is 24.4 Å². The highest BCUT2D eigenvalue weighted by molar-refractivity contribution is 6.04. The van der Waals surface area contributed by atoms with E-state index in [0.717, 1.165) is 11.1 Å². The van der Waals surface area contributed by atoms with Crippen molar-refractivity contribution >= 4 is 23.8 Å². The summed E-state index contributed by atoms with van der Waals surface area (Å²) < 4.78 is 22.4. The molecule has 45 heavy (non-hydrogen) atoms. The third-order valence-corrected chi connectivity index (χ3v) is 7.46. The summed E-state index contributed by atoms with van der Waals surface area (Å²) in [4.78, 5) is 41.9. The van der Waals surface area contributed by atoms with Crippen molar-refractivity contribution in [3.63, 3.8) is 0 Å². The van der Waals surface area contributed by atoms with Gasteiger partial charge in [0.25, 0.3) is 5.91 Å². The average molecular weight is 620 g/mol. The molecule has 11 nitrogen and oxygen atoms in total. The molecule has 3 amide bonds. The van der Waals surface area contributed by atoms with E-state index in [1.165, 1.54) is 9.80 Å². The number of rotatable bonds is 12. The maximum absolute atomic E-state index is 13.9. The van der Waals surface area contributed by atoms with Crippen molar-refractivity contribution in [1.29, 1.82) is 0 Å². The first-order valence-electron chi connectivity index (χ1n) is 14.9. The largest absolute Gasteiger partial charge is 0.493 e. The minimum Gasteiger partial charge on any atom is -0.493 e. The van der Waals surface area contributed by atoms with Gasteiger partial charge >= 0.3 is 12.2 Å². The predicted molar refractivity (Wildman–Crippen MR) is 169 cm³/mol. The van der Waals surface area contributed by atoms with Crippen LogP contribution in [-0.2, 0) is 17.9 Å². The van der Waals surface area contributed by atoms with Gasteiger partial charge in [0.15, 0.2) is 11.5 Å². The first kappa shape index (κ1) is 33.0. The number of carboxylic acid groups (broad SMARTS) is 1. The number of amides is 3. The maximum atomic E-state index is 13.9. The Morgan fingerprint density at radius 3 is 2.29 bits per heavy atom. The van der Waals surface area contributed by atoms with Gasteiger partial charge in [-0.25, -0.2) is 9.59 Å². The fourth-order valence-electron chi connectivity index (χ4n) is 5.07. The van der Waals surface area contributed by atoms with Crippen LogP contribution in [0.2, 0.25) is 0 Å². The zero-order valence-corrected chi connectivity index (χ0v) is 26.2. The molecule has 1 aliphatic rings. The summed E-state index contributed by atoms with van der Waals surface area (Å²) in [5.74, 6) is 1.24. The molecule has 1 aliphatic heterocycles. The first-order chi connectivity index (χ1) is 21.7. The van der Waals surface area contributed by atoms with Crippen LogP contribution in [0.4, 0.5) is 15.3 Å². The lowest BCUT2D eigenvalue weighted by atomic mass is 10.0. The second-order valence-corrected chi connectivity index (χ2v) is 11.2. The van der Waals surface area contributed by atoms with Crippen LogP contribution in [0.5, 0.6) is 17.2 Å². The lowest BCUT2D eigenvalue weighted by molar-refractivity contribution is 0.0950. The summed E-state index contributed by atoms with van der Waals surface area (Å²) in [7, 11) is 3.10. The van der Waals surface area contributed by atoms with Crippen LogP contribution in [0.3, 0.4) is 0 Å². The Morgan fingerprint density at radius 2 is 1.64 bits per heavy atom. The summed E-state index contributed by atoms with van der Waals surface area (Å²) in [6, 6.07) is 19.7. The van der Waals surface area contributed by atoms with E-state index in [4.69, 9.17) is 18.9 Å². The number of carbonyl (C=O) groups is 3. The normalized spacial score (nSPS) is 13.2. The number of nitrogens with zero attached hydrogens (tertiary/aromatic N) is 2. The summed E-state index contributed by atoms with van der Waals surface area (Å²) in [5.41, 5.74) is 2.33. The molecule has 240 valence electrons. The number of likely N-dealkylation sites (tertiary alicyclic amines) is 1. The van der Waals surface area contributed by atoms with Gasteiger partial charge in [-0.05, 0) is 60.2 Å². The van der Waals surface area contributed by atoms with Gasteiger partial charge < -0.3 is 34.3 Å². The Bertz CT molecular complexity index is 1460. The summed E-state index contributed by atoms with van der Waals surface area (Å²) >= 11 is 0. The van der Waals surface area contributed by atoms with Crippen LogP contribution in [0.1, 0.15) is 48.2 Å². The third kappa shape index (κ3) is 8.81. The Kier molecular flexibility index (Phi) is 11.5. The molecule has 1 heterocycles. The molecule has 2 N–H and O–H groups in total. The SMILES string of the molecule is COc1ccc(CNC(=O)c2cc(OCc3ccccc3)ccc2N(C(=O)OCC(C)C)C2CCN(C(=O)O)CC2)cc1OC. The molecule has 0 unspecified atom stereocenters. The topological polar surface area (TPSA) is 127 Å². The highest BCUT2D eigenvalue weighted by Gasteiger charge is 2.34. The van der Waals surface area contributed by atoms with Crippen molar-refractivity contribution in [2.24, 2.45) is 5.92 Å². The van der Waals surface area contributed by atoms with Crippen molar-refractivity contribution in [2.45, 2.75) is 45.9 Å². The molecular weight excluding hydrogens is 578 g/mol. The fourth-order valence-corrected chi connectivity index (χ4v) is 5.07. The number of nitrogens with one attached hydrogen (secondary N) is 1. The Hall–Kier alpha value is -4.93. The zero-order valence-electron chi connectivity index (χ0n) is 26.2. The molecule has 0 aliphatic carbocycles. The van der Waals surface area contributed by atoms with Crippen LogP contribution in [-0.4, -0.2) is 68.1 Å². The van der Waals surface area contributed by atoms with E-state index >= 15 is 0 Å². The number of carbonyl (C=O) groups excluding carboxylic acids is 2. The Balaban J connectivity index is 1.66. The molecule has 3 aromatic rings. The van der Waals surface area contributed by atoms with Gasteiger partial charge in [0, 0.05) is 25.7 Å². The van der Waals surface area contributed by atoms with E-state index in [1.807, 2.05) is 50.2 Å². The second-order valence-electron chi connectivity index (χ2n) is 11.2. The van der Waals surface area contributed by atoms with Crippen LogP contribution in [0, 0.1) is 5.92 Å². The van der Waals surface area contributed by atoms with Gasteiger partial charge in [-0.15, -0.1) is 0 Å². The first-order valence-corrected chi connectivity index (χ1v) is 14.9. The molecule has 0 spiro atoms. The van der Waals surface area contributed by atoms with E-state index in [0.29, 0.717) is 42.4 Å². The van der Waals surface area contributed by atoms with Crippen LogP contribution in [0.15, 0.2) is 66.7 Å². The number of anilines is 1. The molecule has 0 radical (unpaired) electrons. The van der Waals surface area contributed by atoms with Crippen molar-refractivity contribution in [2.75, 3.05) is 38.8 Å². The monoisotopic (exact) mass is 619 g/mol. The average Bonchev–Trinajstić information content (AvgIpc) is 3.06. The zero-order chi connectivity index (χ0) is 32.3. The predicted octanol–water partition coefficient (Wildman–Crippen LogP) is 5.95. The molecule has 4 rings (SSSR count). The van der Waals surface area contributed by atoms with Crippen molar-refractivity contribution in [1.82, 2.24) is 10.2 Å². The number of ether oxygens (including phenoxy) is 4. The molecule has 0 atom stereocenters. The van der Waals surface area contributed by atoms with Crippen molar-refractivity contribution < 1.29 is 38.4 Å². The molecule has 1 fully saturated rings. The Labute approximate surface area is 263 Å². The molecule has 0 saturated carbocycles. The van der Waals surface area contributed by atoms with Gasteiger partial charge in [-0.3, -0.25) is 9.69 Å². The molecule has 1 saturated heterocycles. The van der Waals surface area contributed by atoms with Gasteiger partial charge in [0.05, 0.1) is 32.1 Å². The third-order valence-electron chi connectivity index (χ3n) is 7.46. The number of methoxy groups -OCH3 is 2. The quantitative estimate of drug-likeness (QED) is 0.255. The minimum absolute atomic E-state index is 0.0997. The van der Waals surface area contributed by atoms with Gasteiger partial charge in [0.1, 0.15) is 12.4 Å². The van der Waals surface area contributed by atoms with E-state index in [-0.39, 0.29) is 43.8 Å². The number of hydrogen-bond acceptors (Lipinski definition) is 7. The van der Waals surface area contributed by atoms with E-state index < -0.39 is 18.1 Å². The molecule has 0 aromatic heterocycles. The molecule has 11 heteroatoms. The van der Waals surface area contributed by atoms with Crippen molar-refractivity contribution in [3.05, 3.63) is 83.4 Å². The molecule has 3 aromatic carbocycles. The van der Waals surface area contributed by atoms with E-state index in [2.05, 4.69) is 5.32 Å². The van der Waals surface area contributed by atoms with Gasteiger partial charge in [-0.2, -0.15) is 0 Å². The fraction of sp³-hybridized carbons (Fsp3) is 0.382. The number of benzene rings is 3. The van der Waals surface area contributed by atoms with Gasteiger partial charge in [-0.1, -0.05) is 50.2 Å². The highest BCUT2D eigenvalue weighted by Crippen LogP contribution is 2.32. The molecular formula is C34H41N3O8. The summed E-state index contributed by atoms with van der Waals surface area (Å²) in [6.07, 6.45) is -0.814. The lowest BCUT2D eigenvalue weighted by Crippen LogP contribution is -2.49. The summed E-state index contributed by atoms with van der Waals surface area (Å²) in [6.45, 7) is 5.06. The number of hydrogen-bond donors (Lipinski definition) is 2. The minimum atomic E-state index is -1.00. The second kappa shape index (κ2) is 15.7. The summed E-state index contributed by atoms with van der Waals surface area (Å²) in [5, 5.41) is 12.4. The smallest absolute Gasteiger partial charge is 0.414 e. The van der Waals surface area contributed by atoms with Crippen molar-refractivity contribution in [3.8, 4) is 17.2 Å². The number of piperidine rings is 1. The maximum Gasteiger partial charge on any atom is 0.414 e. The lowest BCUT2D eigenvalue weighted by Gasteiger charge is -2.37.